The number of allylic oxidation sites excluding steroid dienone is 2. The lowest BCUT2D eigenvalue weighted by Crippen LogP contribution is -2.41. The number of esters is 2. The van der Waals surface area contributed by atoms with Crippen LogP contribution in [-0.2, 0) is 40.7 Å². The highest BCUT2D eigenvalue weighted by Crippen LogP contribution is 2.67. The van der Waals surface area contributed by atoms with Crippen molar-refractivity contribution in [2.75, 3.05) is 13.2 Å². The molecule has 3 heterocycles. The predicted molar refractivity (Wildman–Crippen MR) is 157 cm³/mol. The molecule has 1 saturated heterocycles. The molecule has 7 nitrogen and oxygen atoms in total. The molecule has 0 spiro atoms. The van der Waals surface area contributed by atoms with Crippen LogP contribution in [0.5, 0.6) is 0 Å². The average Bonchev–Trinajstić information content (AvgIpc) is 3.72. The molecule has 3 aromatic rings. The molecule has 2 aliphatic carbocycles. The first-order valence-corrected chi connectivity index (χ1v) is 15.4. The molecule has 3 aliphatic rings. The molecule has 1 saturated carbocycles. The van der Waals surface area contributed by atoms with Gasteiger partial charge in [0.1, 0.15) is 13.2 Å². The first kappa shape index (κ1) is 27.6. The van der Waals surface area contributed by atoms with Gasteiger partial charge in [0.05, 0.1) is 18.4 Å². The summed E-state index contributed by atoms with van der Waals surface area (Å²) in [7, 11) is 0. The summed E-state index contributed by atoms with van der Waals surface area (Å²) >= 11 is 3.29. The van der Waals surface area contributed by atoms with Crippen LogP contribution in [-0.4, -0.2) is 41.8 Å². The third-order valence-corrected chi connectivity index (χ3v) is 10.7. The number of imide groups is 1. The van der Waals surface area contributed by atoms with E-state index in [9.17, 15) is 19.2 Å². The number of carbonyl (C=O) groups excluding carboxylic acids is 4. The summed E-state index contributed by atoms with van der Waals surface area (Å²) in [6, 6.07) is 14.5. The lowest BCUT2D eigenvalue weighted by Gasteiger charge is -2.37. The number of likely N-dealkylation sites (tertiary alicyclic amines) is 1. The maximum atomic E-state index is 14.1. The third kappa shape index (κ3) is 4.46. The number of carbonyl (C=O) groups is 4. The van der Waals surface area contributed by atoms with Crippen LogP contribution in [0.4, 0.5) is 0 Å². The zero-order valence-electron chi connectivity index (χ0n) is 23.4. The zero-order valence-corrected chi connectivity index (χ0v) is 25.0. The Hall–Kier alpha value is -3.56. The summed E-state index contributed by atoms with van der Waals surface area (Å²) in [6.45, 7) is 7.07. The highest BCUT2D eigenvalue weighted by atomic mass is 32.1. The van der Waals surface area contributed by atoms with Crippen molar-refractivity contribution in [1.29, 1.82) is 0 Å². The number of hydrogen-bond donors (Lipinski definition) is 0. The summed E-state index contributed by atoms with van der Waals surface area (Å²) in [4.78, 5) is 56.3. The van der Waals surface area contributed by atoms with E-state index in [0.29, 0.717) is 6.42 Å². The lowest BCUT2D eigenvalue weighted by molar-refractivity contribution is -0.147. The Balaban J connectivity index is 1.46. The second kappa shape index (κ2) is 10.4. The molecule has 1 aliphatic heterocycles. The topological polar surface area (TPSA) is 90.0 Å². The van der Waals surface area contributed by atoms with Gasteiger partial charge in [0, 0.05) is 38.8 Å². The summed E-state index contributed by atoms with van der Waals surface area (Å²) in [6.07, 6.45) is 2.90. The smallest absolute Gasteiger partial charge is 0.302 e. The fourth-order valence-corrected chi connectivity index (χ4v) is 9.19. The molecule has 0 radical (unpaired) electrons. The molecule has 6 rings (SSSR count). The van der Waals surface area contributed by atoms with E-state index in [4.69, 9.17) is 9.47 Å². The van der Waals surface area contributed by atoms with Crippen LogP contribution in [0.3, 0.4) is 0 Å². The van der Waals surface area contributed by atoms with Crippen LogP contribution < -0.4 is 0 Å². The molecule has 2 bridgehead atoms. The third-order valence-electron chi connectivity index (χ3n) is 8.61. The van der Waals surface area contributed by atoms with Crippen LogP contribution in [0.25, 0.3) is 16.0 Å². The molecule has 0 N–H and O–H groups in total. The number of thiophene rings is 2. The van der Waals surface area contributed by atoms with Crippen molar-refractivity contribution in [2.45, 2.75) is 46.1 Å². The Kier molecular flexibility index (Phi) is 6.98. The molecular formula is C32H31NO6S2. The van der Waals surface area contributed by atoms with E-state index in [0.717, 1.165) is 41.8 Å². The molecule has 0 unspecified atom stereocenters. The van der Waals surface area contributed by atoms with Crippen LogP contribution in [0.1, 0.15) is 46.0 Å². The number of benzene rings is 1. The van der Waals surface area contributed by atoms with Crippen LogP contribution in [0, 0.1) is 31.6 Å². The van der Waals surface area contributed by atoms with Crippen LogP contribution in [0.2, 0.25) is 0 Å². The minimum atomic E-state index is -0.687. The minimum Gasteiger partial charge on any atom is -0.464 e. The minimum absolute atomic E-state index is 0.0156. The Morgan fingerprint density at radius 3 is 2.41 bits per heavy atom. The standard InChI is InChI=1S/C32H31NO6S2/c1-17-24(14-27(41-17)21-8-6-5-7-9-21)26-12-22-15-32(26,25-13-23(40-18(25)2)16-39-20(4)35)29-28(22)30(36)33(31(29)37)10-11-38-19(3)34/h5-9,12-14,22,28-29H,10-11,15-16H2,1-4H3/t22-,28-,29+,32+/m0/s1. The maximum absolute atomic E-state index is 14.1. The van der Waals surface area contributed by atoms with Crippen molar-refractivity contribution in [1.82, 2.24) is 4.90 Å². The number of ether oxygens (including phenoxy) is 2. The predicted octanol–water partition coefficient (Wildman–Crippen LogP) is 5.68. The van der Waals surface area contributed by atoms with Gasteiger partial charge in [-0.1, -0.05) is 36.4 Å². The van der Waals surface area contributed by atoms with E-state index in [-0.39, 0.29) is 43.5 Å². The highest BCUT2D eigenvalue weighted by Gasteiger charge is 2.69. The van der Waals surface area contributed by atoms with Crippen molar-refractivity contribution in [2.24, 2.45) is 17.8 Å². The number of aryl methyl sites for hydroxylation is 2. The van der Waals surface area contributed by atoms with E-state index >= 15 is 0 Å². The van der Waals surface area contributed by atoms with Crippen LogP contribution >= 0.6 is 22.7 Å². The van der Waals surface area contributed by atoms with E-state index in [1.54, 1.807) is 22.7 Å². The zero-order chi connectivity index (χ0) is 29.1. The normalized spacial score (nSPS) is 24.5. The SMILES string of the molecule is CC(=O)OCCN1C(=O)[C@H]2[C@H]3C=C(c4cc(-c5ccccc5)sc4C)[C@](c4cc(COC(C)=O)sc4C)(C3)[C@H]2C1=O. The van der Waals surface area contributed by atoms with Crippen molar-refractivity contribution in [3.8, 4) is 10.4 Å². The molecule has 1 aromatic carbocycles. The second-order valence-corrected chi connectivity index (χ2v) is 13.6. The Morgan fingerprint density at radius 2 is 1.71 bits per heavy atom. The van der Waals surface area contributed by atoms with Gasteiger partial charge in [0.2, 0.25) is 11.8 Å². The molecule has 2 fully saturated rings. The second-order valence-electron chi connectivity index (χ2n) is 11.0. The largest absolute Gasteiger partial charge is 0.464 e. The van der Waals surface area contributed by atoms with E-state index in [1.165, 1.54) is 18.7 Å². The summed E-state index contributed by atoms with van der Waals surface area (Å²) in [5.74, 6) is -2.26. The first-order chi connectivity index (χ1) is 19.6. The average molecular weight is 590 g/mol. The van der Waals surface area contributed by atoms with Gasteiger partial charge in [0.15, 0.2) is 0 Å². The highest BCUT2D eigenvalue weighted by molar-refractivity contribution is 7.15. The Morgan fingerprint density at radius 1 is 0.976 bits per heavy atom. The van der Waals surface area contributed by atoms with Crippen LogP contribution in [0.15, 0.2) is 48.5 Å². The number of fused-ring (bicyclic) bond motifs is 5. The van der Waals surface area contributed by atoms with E-state index in [2.05, 4.69) is 37.3 Å². The van der Waals surface area contributed by atoms with Gasteiger partial charge in [-0.2, -0.15) is 0 Å². The van der Waals surface area contributed by atoms with Gasteiger partial charge in [-0.3, -0.25) is 24.1 Å². The van der Waals surface area contributed by atoms with Crippen molar-refractivity contribution in [3.63, 3.8) is 0 Å². The van der Waals surface area contributed by atoms with Crippen molar-refractivity contribution >= 4 is 52.0 Å². The van der Waals surface area contributed by atoms with Crippen molar-refractivity contribution in [3.05, 3.63) is 74.3 Å². The summed E-state index contributed by atoms with van der Waals surface area (Å²) < 4.78 is 10.4. The molecule has 41 heavy (non-hydrogen) atoms. The molecule has 212 valence electrons. The Labute approximate surface area is 246 Å². The van der Waals surface area contributed by atoms with Gasteiger partial charge >= 0.3 is 11.9 Å². The quantitative estimate of drug-likeness (QED) is 0.248. The monoisotopic (exact) mass is 589 g/mol. The molecule has 4 atom stereocenters. The fraction of sp³-hybridized carbons (Fsp3) is 0.375. The number of hydrogen-bond acceptors (Lipinski definition) is 8. The molecule has 2 amide bonds. The fourth-order valence-electron chi connectivity index (χ4n) is 7.11. The number of nitrogens with zero attached hydrogens (tertiary/aromatic N) is 1. The first-order valence-electron chi connectivity index (χ1n) is 13.7. The molecule has 2 aromatic heterocycles. The number of rotatable bonds is 8. The molecular weight excluding hydrogens is 558 g/mol. The van der Waals surface area contributed by atoms with Gasteiger partial charge in [-0.15, -0.1) is 22.7 Å². The van der Waals surface area contributed by atoms with Gasteiger partial charge < -0.3 is 9.47 Å². The van der Waals surface area contributed by atoms with E-state index in [1.807, 2.05) is 25.1 Å². The van der Waals surface area contributed by atoms with Gasteiger partial charge in [-0.05, 0) is 60.6 Å². The van der Waals surface area contributed by atoms with Crippen molar-refractivity contribution < 1.29 is 28.7 Å². The Bertz CT molecular complexity index is 1600. The van der Waals surface area contributed by atoms with E-state index < -0.39 is 23.2 Å². The molecule has 9 heteroatoms. The lowest BCUT2D eigenvalue weighted by atomic mass is 9.64. The summed E-state index contributed by atoms with van der Waals surface area (Å²) in [5, 5.41) is 0. The number of amides is 2. The maximum Gasteiger partial charge on any atom is 0.302 e. The summed E-state index contributed by atoms with van der Waals surface area (Å²) in [5.41, 5.74) is 3.69. The van der Waals surface area contributed by atoms with Gasteiger partial charge in [-0.25, -0.2) is 0 Å². The van der Waals surface area contributed by atoms with Gasteiger partial charge in [0.25, 0.3) is 0 Å².